The minimum absolute atomic E-state index is 0.264. The highest BCUT2D eigenvalue weighted by Crippen LogP contribution is 2.32. The van der Waals surface area contributed by atoms with Crippen LogP contribution in [0.15, 0.2) is 42.9 Å². The summed E-state index contributed by atoms with van der Waals surface area (Å²) in [4.78, 5) is 32.9. The first kappa shape index (κ1) is 22.7. The van der Waals surface area contributed by atoms with Crippen molar-refractivity contribution in [3.8, 4) is 0 Å². The number of benzene rings is 1. The summed E-state index contributed by atoms with van der Waals surface area (Å²) in [6.45, 7) is 2.34. The summed E-state index contributed by atoms with van der Waals surface area (Å²) >= 11 is 0. The van der Waals surface area contributed by atoms with E-state index >= 15 is 0 Å². The molecule has 1 saturated heterocycles. The van der Waals surface area contributed by atoms with Crippen LogP contribution in [0.25, 0.3) is 21.9 Å². The van der Waals surface area contributed by atoms with Crippen molar-refractivity contribution in [1.29, 1.82) is 0 Å². The van der Waals surface area contributed by atoms with Gasteiger partial charge >= 0.3 is 0 Å². The van der Waals surface area contributed by atoms with Gasteiger partial charge in [-0.2, -0.15) is 9.97 Å². The van der Waals surface area contributed by atoms with Gasteiger partial charge in [-0.3, -0.25) is 4.79 Å². The highest BCUT2D eigenvalue weighted by atomic mass is 16.2. The topological polar surface area (TPSA) is 101 Å². The number of nitrogens with one attached hydrogen (secondary N) is 2. The molecule has 2 aliphatic rings. The number of likely N-dealkylation sites (tertiary alicyclic amines) is 1. The molecule has 2 N–H and O–H groups in total. The molecule has 0 unspecified atom stereocenters. The number of imidazole rings is 1. The lowest BCUT2D eigenvalue weighted by Gasteiger charge is -2.23. The Morgan fingerprint density at radius 2 is 1.86 bits per heavy atom. The van der Waals surface area contributed by atoms with Crippen LogP contribution >= 0.6 is 0 Å². The number of carbonyl (C=O) groups is 1. The van der Waals surface area contributed by atoms with Crippen molar-refractivity contribution < 1.29 is 4.79 Å². The maximum absolute atomic E-state index is 11.9. The summed E-state index contributed by atoms with van der Waals surface area (Å²) in [6, 6.07) is 10.6. The van der Waals surface area contributed by atoms with Crippen LogP contribution in [0.2, 0.25) is 0 Å². The molecular formula is C27H32N8O. The van der Waals surface area contributed by atoms with E-state index in [0.29, 0.717) is 30.8 Å². The molecule has 0 bridgehead atoms. The second kappa shape index (κ2) is 10.1. The number of aromatic nitrogens is 5. The van der Waals surface area contributed by atoms with Gasteiger partial charge in [0, 0.05) is 43.7 Å². The van der Waals surface area contributed by atoms with Crippen LogP contribution < -0.4 is 10.6 Å². The van der Waals surface area contributed by atoms with Gasteiger partial charge in [0.1, 0.15) is 5.82 Å². The monoisotopic (exact) mass is 484 g/mol. The van der Waals surface area contributed by atoms with Crippen LogP contribution in [0.5, 0.6) is 0 Å². The summed E-state index contributed by atoms with van der Waals surface area (Å²) < 4.78 is 2.23. The SMILES string of the molecule is O=C1CCCN1CCCNc1nc(Nc2nccc3ccccc23)nc2c1ncn2C1CCCCC1. The van der Waals surface area contributed by atoms with Crippen LogP contribution in [0.4, 0.5) is 17.6 Å². The predicted molar refractivity (Wildman–Crippen MR) is 141 cm³/mol. The first-order valence-electron chi connectivity index (χ1n) is 13.1. The fourth-order valence-electron chi connectivity index (χ4n) is 5.46. The Hall–Kier alpha value is -3.75. The van der Waals surface area contributed by atoms with E-state index in [4.69, 9.17) is 15.0 Å². The van der Waals surface area contributed by atoms with E-state index in [0.717, 1.165) is 66.5 Å². The van der Waals surface area contributed by atoms with Gasteiger partial charge in [0.25, 0.3) is 0 Å². The summed E-state index contributed by atoms with van der Waals surface area (Å²) in [5.74, 6) is 2.21. The minimum Gasteiger partial charge on any atom is -0.368 e. The molecule has 1 saturated carbocycles. The summed E-state index contributed by atoms with van der Waals surface area (Å²) in [6.07, 6.45) is 12.3. The molecule has 1 aliphatic heterocycles. The normalized spacial score (nSPS) is 16.8. The number of rotatable bonds is 8. The molecule has 9 nitrogen and oxygen atoms in total. The maximum atomic E-state index is 11.9. The number of amides is 1. The molecule has 1 aliphatic carbocycles. The molecular weight excluding hydrogens is 452 g/mol. The van der Waals surface area contributed by atoms with E-state index in [-0.39, 0.29) is 5.91 Å². The number of hydrogen-bond donors (Lipinski definition) is 2. The van der Waals surface area contributed by atoms with Crippen LogP contribution in [0.1, 0.15) is 57.4 Å². The molecule has 36 heavy (non-hydrogen) atoms. The molecule has 2 fully saturated rings. The molecule has 0 radical (unpaired) electrons. The van der Waals surface area contributed by atoms with E-state index in [1.807, 2.05) is 35.5 Å². The van der Waals surface area contributed by atoms with Crippen LogP contribution in [-0.2, 0) is 4.79 Å². The lowest BCUT2D eigenvalue weighted by molar-refractivity contribution is -0.127. The van der Waals surface area contributed by atoms with Gasteiger partial charge in [-0.25, -0.2) is 9.97 Å². The first-order chi connectivity index (χ1) is 17.8. The number of hydrogen-bond acceptors (Lipinski definition) is 7. The fraction of sp³-hybridized carbons (Fsp3) is 0.444. The van der Waals surface area contributed by atoms with Gasteiger partial charge < -0.3 is 20.1 Å². The zero-order valence-corrected chi connectivity index (χ0v) is 20.5. The Morgan fingerprint density at radius 1 is 0.972 bits per heavy atom. The third kappa shape index (κ3) is 4.57. The van der Waals surface area contributed by atoms with E-state index in [2.05, 4.69) is 26.3 Å². The third-order valence-corrected chi connectivity index (χ3v) is 7.36. The van der Waals surface area contributed by atoms with Crippen molar-refractivity contribution in [2.24, 2.45) is 0 Å². The minimum atomic E-state index is 0.264. The number of nitrogens with zero attached hydrogens (tertiary/aromatic N) is 6. The number of fused-ring (bicyclic) bond motifs is 2. The van der Waals surface area contributed by atoms with Crippen molar-refractivity contribution in [1.82, 2.24) is 29.4 Å². The summed E-state index contributed by atoms with van der Waals surface area (Å²) in [5, 5.41) is 8.99. The van der Waals surface area contributed by atoms with Crippen molar-refractivity contribution in [2.75, 3.05) is 30.3 Å². The average molecular weight is 485 g/mol. The van der Waals surface area contributed by atoms with E-state index < -0.39 is 0 Å². The standard InChI is InChI=1S/C27H32N8O/c36-22-12-6-16-34(22)17-7-14-28-25-23-26(35(18-30-23)20-9-2-1-3-10-20)33-27(32-25)31-24-21-11-5-4-8-19(21)13-15-29-24/h4-5,8,11,13,15,18,20H,1-3,6-7,9-10,12,14,16-17H2,(H2,28,29,31,32,33). The molecule has 1 aromatic carbocycles. The summed E-state index contributed by atoms with van der Waals surface area (Å²) in [7, 11) is 0. The fourth-order valence-corrected chi connectivity index (χ4v) is 5.46. The Morgan fingerprint density at radius 3 is 2.72 bits per heavy atom. The van der Waals surface area contributed by atoms with Crippen LogP contribution in [0, 0.1) is 0 Å². The van der Waals surface area contributed by atoms with Gasteiger partial charge in [0.05, 0.1) is 6.33 Å². The molecule has 4 aromatic rings. The summed E-state index contributed by atoms with van der Waals surface area (Å²) in [5.41, 5.74) is 1.63. The lowest BCUT2D eigenvalue weighted by atomic mass is 9.95. The highest BCUT2D eigenvalue weighted by molar-refractivity contribution is 5.93. The molecule has 0 atom stereocenters. The van der Waals surface area contributed by atoms with Crippen LogP contribution in [0.3, 0.4) is 0 Å². The van der Waals surface area contributed by atoms with Gasteiger partial charge in [-0.1, -0.05) is 43.5 Å². The van der Waals surface area contributed by atoms with E-state index in [9.17, 15) is 4.79 Å². The molecule has 4 heterocycles. The van der Waals surface area contributed by atoms with Gasteiger partial charge in [-0.15, -0.1) is 0 Å². The molecule has 3 aromatic heterocycles. The van der Waals surface area contributed by atoms with Gasteiger partial charge in [-0.05, 0) is 37.1 Å². The zero-order chi connectivity index (χ0) is 24.3. The average Bonchev–Trinajstić information content (AvgIpc) is 3.53. The van der Waals surface area contributed by atoms with Crippen molar-refractivity contribution in [3.05, 3.63) is 42.9 Å². The lowest BCUT2D eigenvalue weighted by Crippen LogP contribution is -2.27. The molecule has 186 valence electrons. The van der Waals surface area contributed by atoms with E-state index in [1.165, 1.54) is 19.3 Å². The highest BCUT2D eigenvalue weighted by Gasteiger charge is 2.22. The quantitative estimate of drug-likeness (QED) is 0.338. The Kier molecular flexibility index (Phi) is 6.36. The number of pyridine rings is 1. The first-order valence-corrected chi connectivity index (χ1v) is 13.1. The zero-order valence-electron chi connectivity index (χ0n) is 20.5. The van der Waals surface area contributed by atoms with Crippen LogP contribution in [-0.4, -0.2) is 54.9 Å². The number of anilines is 3. The molecule has 1 amide bonds. The second-order valence-electron chi connectivity index (χ2n) is 9.78. The molecule has 6 rings (SSSR count). The van der Waals surface area contributed by atoms with Crippen molar-refractivity contribution in [2.45, 2.75) is 57.4 Å². The maximum Gasteiger partial charge on any atom is 0.232 e. The van der Waals surface area contributed by atoms with Crippen molar-refractivity contribution in [3.63, 3.8) is 0 Å². The second-order valence-corrected chi connectivity index (χ2v) is 9.78. The molecule has 0 spiro atoms. The molecule has 9 heteroatoms. The Labute approximate surface area is 210 Å². The third-order valence-electron chi connectivity index (χ3n) is 7.36. The predicted octanol–water partition coefficient (Wildman–Crippen LogP) is 5.05. The largest absolute Gasteiger partial charge is 0.368 e. The van der Waals surface area contributed by atoms with Gasteiger partial charge in [0.2, 0.25) is 11.9 Å². The Bertz CT molecular complexity index is 1370. The van der Waals surface area contributed by atoms with Gasteiger partial charge in [0.15, 0.2) is 17.0 Å². The Balaban J connectivity index is 1.30. The number of carbonyl (C=O) groups excluding carboxylic acids is 1. The van der Waals surface area contributed by atoms with Crippen molar-refractivity contribution >= 4 is 45.4 Å². The smallest absolute Gasteiger partial charge is 0.232 e. The van der Waals surface area contributed by atoms with E-state index in [1.54, 1.807) is 6.20 Å².